The predicted octanol–water partition coefficient (Wildman–Crippen LogP) is 3.56. The fourth-order valence-electron chi connectivity index (χ4n) is 2.18. The molecule has 0 saturated carbocycles. The van der Waals surface area contributed by atoms with Crippen LogP contribution in [0.3, 0.4) is 0 Å². The molecule has 0 fully saturated rings. The lowest BCUT2D eigenvalue weighted by Crippen LogP contribution is -2.36. The summed E-state index contributed by atoms with van der Waals surface area (Å²) in [4.78, 5) is 9.99. The number of halogens is 3. The lowest BCUT2D eigenvalue weighted by Gasteiger charge is -2.27. The fourth-order valence-corrected chi connectivity index (χ4v) is 2.18. The van der Waals surface area contributed by atoms with Crippen molar-refractivity contribution >= 4 is 11.6 Å². The molecule has 0 amide bonds. The highest BCUT2D eigenvalue weighted by Crippen LogP contribution is 2.27. The molecule has 1 heterocycles. The third kappa shape index (κ3) is 5.06. The molecule has 1 aromatic rings. The van der Waals surface area contributed by atoms with Gasteiger partial charge in [0.05, 0.1) is 0 Å². The Labute approximate surface area is 123 Å². The molecule has 0 bridgehead atoms. The van der Waals surface area contributed by atoms with Gasteiger partial charge in [0.15, 0.2) is 0 Å². The number of nitrogens with one attached hydrogen (secondary N) is 1. The smallest absolute Gasteiger partial charge is 0.373 e. The average Bonchev–Trinajstić information content (AvgIpc) is 2.39. The Balaban J connectivity index is 3.24. The summed E-state index contributed by atoms with van der Waals surface area (Å²) < 4.78 is 38.3. The van der Waals surface area contributed by atoms with Gasteiger partial charge in [-0.3, -0.25) is 0 Å². The number of aromatic nitrogens is 2. The van der Waals surface area contributed by atoms with E-state index in [-0.39, 0.29) is 0 Å². The molecule has 1 aromatic heterocycles. The van der Waals surface area contributed by atoms with Gasteiger partial charge in [0.25, 0.3) is 0 Å². The molecule has 0 spiro atoms. The fraction of sp³-hybridized carbons (Fsp3) is 0.714. The van der Waals surface area contributed by atoms with Crippen molar-refractivity contribution in [3.63, 3.8) is 0 Å². The van der Waals surface area contributed by atoms with E-state index in [0.717, 1.165) is 6.42 Å². The van der Waals surface area contributed by atoms with E-state index in [2.05, 4.69) is 15.3 Å². The van der Waals surface area contributed by atoms with Gasteiger partial charge >= 0.3 is 6.18 Å². The number of anilines is 2. The number of aryl methyl sites for hydroxylation is 1. The molecule has 0 aliphatic heterocycles. The molecule has 0 aromatic carbocycles. The summed E-state index contributed by atoms with van der Waals surface area (Å²) in [6, 6.07) is 0. The maximum absolute atomic E-state index is 12.8. The van der Waals surface area contributed by atoms with Crippen LogP contribution in [0.2, 0.25) is 0 Å². The van der Waals surface area contributed by atoms with Gasteiger partial charge in [-0.25, -0.2) is 9.97 Å². The standard InChI is InChI=1S/C14H23F3N4/c1-5-7-11-19-12(18-4)10(3)13(20-11)21(8-6-2)9-14(15,16)17/h5-9H2,1-4H3,(H,18,19,20). The Morgan fingerprint density at radius 2 is 1.81 bits per heavy atom. The summed E-state index contributed by atoms with van der Waals surface area (Å²) in [5, 5.41) is 2.94. The third-order valence-corrected chi connectivity index (χ3v) is 3.04. The molecule has 120 valence electrons. The van der Waals surface area contributed by atoms with Crippen LogP contribution in [0.25, 0.3) is 0 Å². The average molecular weight is 304 g/mol. The first-order chi connectivity index (χ1) is 9.82. The molecule has 7 heteroatoms. The first kappa shape index (κ1) is 17.5. The quantitative estimate of drug-likeness (QED) is 0.836. The molecule has 21 heavy (non-hydrogen) atoms. The minimum absolute atomic E-state index is 0.312. The van der Waals surface area contributed by atoms with E-state index < -0.39 is 12.7 Å². The second-order valence-electron chi connectivity index (χ2n) is 4.97. The Bertz CT molecular complexity index is 460. The zero-order valence-electron chi connectivity index (χ0n) is 13.0. The number of hydrogen-bond donors (Lipinski definition) is 1. The summed E-state index contributed by atoms with van der Waals surface area (Å²) in [5.41, 5.74) is 0.648. The van der Waals surface area contributed by atoms with Gasteiger partial charge in [-0.05, 0) is 19.8 Å². The summed E-state index contributed by atoms with van der Waals surface area (Å²) in [5.74, 6) is 1.54. The van der Waals surface area contributed by atoms with Crippen molar-refractivity contribution in [2.45, 2.75) is 46.2 Å². The Hall–Kier alpha value is -1.53. The molecule has 0 saturated heterocycles. The van der Waals surface area contributed by atoms with Gasteiger partial charge in [0.2, 0.25) is 0 Å². The minimum Gasteiger partial charge on any atom is -0.373 e. The highest BCUT2D eigenvalue weighted by Gasteiger charge is 2.32. The van der Waals surface area contributed by atoms with E-state index in [1.807, 2.05) is 13.8 Å². The third-order valence-electron chi connectivity index (χ3n) is 3.04. The Morgan fingerprint density at radius 1 is 1.14 bits per heavy atom. The zero-order chi connectivity index (χ0) is 16.0. The van der Waals surface area contributed by atoms with E-state index in [1.165, 1.54) is 4.90 Å². The molecular weight excluding hydrogens is 281 g/mol. The van der Waals surface area contributed by atoms with Crippen molar-refractivity contribution < 1.29 is 13.2 Å². The zero-order valence-corrected chi connectivity index (χ0v) is 13.0. The van der Waals surface area contributed by atoms with Crippen LogP contribution in [-0.4, -0.2) is 36.3 Å². The van der Waals surface area contributed by atoms with Gasteiger partial charge < -0.3 is 10.2 Å². The van der Waals surface area contributed by atoms with Crippen molar-refractivity contribution in [2.75, 3.05) is 30.4 Å². The van der Waals surface area contributed by atoms with E-state index in [1.54, 1.807) is 14.0 Å². The first-order valence-electron chi connectivity index (χ1n) is 7.19. The van der Waals surface area contributed by atoms with Crippen LogP contribution < -0.4 is 10.2 Å². The van der Waals surface area contributed by atoms with E-state index in [4.69, 9.17) is 0 Å². The molecule has 4 nitrogen and oxygen atoms in total. The lowest BCUT2D eigenvalue weighted by atomic mass is 10.2. The molecule has 0 unspecified atom stereocenters. The SMILES string of the molecule is CCCc1nc(NC)c(C)c(N(CCC)CC(F)(F)F)n1. The monoisotopic (exact) mass is 304 g/mol. The number of nitrogens with zero attached hydrogens (tertiary/aromatic N) is 3. The molecule has 1 rings (SSSR count). The van der Waals surface area contributed by atoms with E-state index >= 15 is 0 Å². The second kappa shape index (κ2) is 7.47. The van der Waals surface area contributed by atoms with Gasteiger partial charge in [-0.2, -0.15) is 13.2 Å². The normalized spacial score (nSPS) is 11.6. The van der Waals surface area contributed by atoms with E-state index in [9.17, 15) is 13.2 Å². The van der Waals surface area contributed by atoms with Crippen LogP contribution in [0.4, 0.5) is 24.8 Å². The minimum atomic E-state index is -4.25. The largest absolute Gasteiger partial charge is 0.405 e. The van der Waals surface area contributed by atoms with Crippen molar-refractivity contribution in [1.82, 2.24) is 9.97 Å². The molecule has 0 aliphatic carbocycles. The van der Waals surface area contributed by atoms with Crippen LogP contribution in [-0.2, 0) is 6.42 Å². The molecular formula is C14H23F3N4. The molecule has 0 aliphatic rings. The van der Waals surface area contributed by atoms with Crippen molar-refractivity contribution in [3.05, 3.63) is 11.4 Å². The first-order valence-corrected chi connectivity index (χ1v) is 7.19. The van der Waals surface area contributed by atoms with Crippen molar-refractivity contribution in [1.29, 1.82) is 0 Å². The summed E-state index contributed by atoms with van der Waals surface area (Å²) in [7, 11) is 1.71. The predicted molar refractivity (Wildman–Crippen MR) is 78.9 cm³/mol. The topological polar surface area (TPSA) is 41.1 Å². The second-order valence-corrected chi connectivity index (χ2v) is 4.97. The molecule has 1 N–H and O–H groups in total. The van der Waals surface area contributed by atoms with Crippen molar-refractivity contribution in [2.24, 2.45) is 0 Å². The maximum atomic E-state index is 12.8. The van der Waals surface area contributed by atoms with Gasteiger partial charge in [-0.1, -0.05) is 13.8 Å². The van der Waals surface area contributed by atoms with Crippen molar-refractivity contribution in [3.8, 4) is 0 Å². The van der Waals surface area contributed by atoms with E-state index in [0.29, 0.717) is 42.4 Å². The highest BCUT2D eigenvalue weighted by atomic mass is 19.4. The van der Waals surface area contributed by atoms with Crippen LogP contribution >= 0.6 is 0 Å². The van der Waals surface area contributed by atoms with Gasteiger partial charge in [-0.15, -0.1) is 0 Å². The number of hydrogen-bond acceptors (Lipinski definition) is 4. The van der Waals surface area contributed by atoms with Crippen LogP contribution in [0.5, 0.6) is 0 Å². The van der Waals surface area contributed by atoms with Crippen LogP contribution in [0.1, 0.15) is 38.1 Å². The number of alkyl halides is 3. The lowest BCUT2D eigenvalue weighted by molar-refractivity contribution is -0.119. The summed E-state index contributed by atoms with van der Waals surface area (Å²) >= 11 is 0. The molecule has 0 atom stereocenters. The molecule has 0 radical (unpaired) electrons. The Morgan fingerprint density at radius 3 is 2.29 bits per heavy atom. The summed E-state index contributed by atoms with van der Waals surface area (Å²) in [6.45, 7) is 4.91. The van der Waals surface area contributed by atoms with Gasteiger partial charge in [0.1, 0.15) is 24.0 Å². The Kier molecular flexibility index (Phi) is 6.23. The van der Waals surface area contributed by atoms with Crippen LogP contribution in [0, 0.1) is 6.92 Å². The van der Waals surface area contributed by atoms with Crippen LogP contribution in [0.15, 0.2) is 0 Å². The maximum Gasteiger partial charge on any atom is 0.405 e. The number of rotatable bonds is 7. The highest BCUT2D eigenvalue weighted by molar-refractivity contribution is 5.58. The van der Waals surface area contributed by atoms with Gasteiger partial charge in [0, 0.05) is 25.6 Å². The summed E-state index contributed by atoms with van der Waals surface area (Å²) in [6.07, 6.45) is -2.14.